The average molecular weight is 334 g/mol. The lowest BCUT2D eigenvalue weighted by atomic mass is 9.99. The number of benzene rings is 1. The summed E-state index contributed by atoms with van der Waals surface area (Å²) in [6.45, 7) is 0.351. The van der Waals surface area contributed by atoms with Crippen LogP contribution in [0, 0.1) is 5.92 Å². The lowest BCUT2D eigenvalue weighted by molar-refractivity contribution is -0.142. The molecule has 2 rings (SSSR count). The van der Waals surface area contributed by atoms with Gasteiger partial charge in [0.1, 0.15) is 10.6 Å². The maximum absolute atomic E-state index is 12.6. The Kier molecular flexibility index (Phi) is 4.75. The molecule has 0 saturated carbocycles. The van der Waals surface area contributed by atoms with E-state index in [9.17, 15) is 13.2 Å². The summed E-state index contributed by atoms with van der Waals surface area (Å²) >= 11 is 5.87. The molecule has 0 radical (unpaired) electrons. The van der Waals surface area contributed by atoms with Crippen LogP contribution in [0.25, 0.3) is 0 Å². The van der Waals surface area contributed by atoms with Crippen molar-refractivity contribution in [1.82, 2.24) is 4.31 Å². The fraction of sp³-hybridized carbons (Fsp3) is 0.462. The van der Waals surface area contributed by atoms with Gasteiger partial charge in [0.25, 0.3) is 0 Å². The lowest BCUT2D eigenvalue weighted by Gasteiger charge is -2.29. The highest BCUT2D eigenvalue weighted by molar-refractivity contribution is 7.89. The molecular formula is C13H16ClNO5S. The fourth-order valence-corrected chi connectivity index (χ4v) is 4.22. The Labute approximate surface area is 128 Å². The van der Waals surface area contributed by atoms with Gasteiger partial charge in [-0.15, -0.1) is 0 Å². The van der Waals surface area contributed by atoms with Crippen molar-refractivity contribution in [2.24, 2.45) is 5.92 Å². The van der Waals surface area contributed by atoms with Gasteiger partial charge in [0.2, 0.25) is 10.0 Å². The van der Waals surface area contributed by atoms with E-state index in [1.54, 1.807) is 6.07 Å². The van der Waals surface area contributed by atoms with Crippen LogP contribution in [-0.2, 0) is 14.8 Å². The topological polar surface area (TPSA) is 83.9 Å². The fourth-order valence-electron chi connectivity index (χ4n) is 2.33. The lowest BCUT2D eigenvalue weighted by Crippen LogP contribution is -2.40. The van der Waals surface area contributed by atoms with Gasteiger partial charge < -0.3 is 9.84 Å². The number of hydrogen-bond donors (Lipinski definition) is 1. The molecule has 1 aromatic rings. The van der Waals surface area contributed by atoms with E-state index < -0.39 is 21.9 Å². The molecule has 6 nitrogen and oxygen atoms in total. The van der Waals surface area contributed by atoms with Gasteiger partial charge in [0.15, 0.2) is 0 Å². The molecule has 0 amide bonds. The molecule has 1 aliphatic heterocycles. The van der Waals surface area contributed by atoms with Crippen molar-refractivity contribution in [1.29, 1.82) is 0 Å². The normalized spacial score (nSPS) is 17.6. The number of halogens is 1. The first-order valence-corrected chi connectivity index (χ1v) is 8.24. The zero-order valence-electron chi connectivity index (χ0n) is 11.5. The number of rotatable bonds is 4. The summed E-state index contributed by atoms with van der Waals surface area (Å²) in [7, 11) is -2.36. The number of aliphatic carboxylic acids is 1. The van der Waals surface area contributed by atoms with Gasteiger partial charge in [-0.3, -0.25) is 4.79 Å². The first-order valence-electron chi connectivity index (χ1n) is 6.42. The highest BCUT2D eigenvalue weighted by Crippen LogP contribution is 2.31. The third-order valence-electron chi connectivity index (χ3n) is 3.55. The van der Waals surface area contributed by atoms with Crippen molar-refractivity contribution in [3.63, 3.8) is 0 Å². The first-order chi connectivity index (χ1) is 9.86. The number of carbonyl (C=O) groups is 1. The van der Waals surface area contributed by atoms with E-state index in [2.05, 4.69) is 0 Å². The third-order valence-corrected chi connectivity index (χ3v) is 5.70. The van der Waals surface area contributed by atoms with Crippen LogP contribution in [0.3, 0.4) is 0 Å². The maximum Gasteiger partial charge on any atom is 0.306 e. The van der Waals surface area contributed by atoms with E-state index in [1.165, 1.54) is 23.5 Å². The minimum Gasteiger partial charge on any atom is -0.495 e. The maximum atomic E-state index is 12.6. The van der Waals surface area contributed by atoms with Gasteiger partial charge in [-0.25, -0.2) is 8.42 Å². The molecule has 0 spiro atoms. The van der Waals surface area contributed by atoms with Crippen molar-refractivity contribution in [3.05, 3.63) is 23.2 Å². The summed E-state index contributed by atoms with van der Waals surface area (Å²) in [5.41, 5.74) is 0. The minimum atomic E-state index is -3.75. The monoisotopic (exact) mass is 333 g/mol. The number of methoxy groups -OCH3 is 1. The Balaban J connectivity index is 2.27. The van der Waals surface area contributed by atoms with E-state index in [1.807, 2.05) is 0 Å². The zero-order valence-corrected chi connectivity index (χ0v) is 13.0. The van der Waals surface area contributed by atoms with Gasteiger partial charge in [-0.2, -0.15) is 4.31 Å². The molecule has 21 heavy (non-hydrogen) atoms. The highest BCUT2D eigenvalue weighted by Gasteiger charge is 2.33. The van der Waals surface area contributed by atoms with Gasteiger partial charge in [0.05, 0.1) is 13.0 Å². The van der Waals surface area contributed by atoms with Crippen molar-refractivity contribution in [2.75, 3.05) is 20.2 Å². The predicted molar refractivity (Wildman–Crippen MR) is 77.1 cm³/mol. The van der Waals surface area contributed by atoms with Gasteiger partial charge in [-0.1, -0.05) is 11.6 Å². The molecule has 0 bridgehead atoms. The minimum absolute atomic E-state index is 0.00581. The van der Waals surface area contributed by atoms with Crippen LogP contribution >= 0.6 is 11.6 Å². The molecule has 0 atom stereocenters. The average Bonchev–Trinajstić information content (AvgIpc) is 2.47. The molecule has 1 aromatic carbocycles. The molecule has 1 heterocycles. The van der Waals surface area contributed by atoms with Crippen molar-refractivity contribution in [3.8, 4) is 5.75 Å². The van der Waals surface area contributed by atoms with Crippen LogP contribution < -0.4 is 4.74 Å². The van der Waals surface area contributed by atoms with Crippen LogP contribution in [0.5, 0.6) is 5.75 Å². The van der Waals surface area contributed by atoms with E-state index in [0.29, 0.717) is 17.9 Å². The Bertz CT molecular complexity index is 638. The zero-order chi connectivity index (χ0) is 15.6. The van der Waals surface area contributed by atoms with Crippen LogP contribution in [-0.4, -0.2) is 44.0 Å². The van der Waals surface area contributed by atoms with E-state index in [4.69, 9.17) is 21.4 Å². The van der Waals surface area contributed by atoms with Crippen LogP contribution in [0.4, 0.5) is 0 Å². The van der Waals surface area contributed by atoms with Crippen LogP contribution in [0.2, 0.25) is 5.02 Å². The Hall–Kier alpha value is -1.31. The number of hydrogen-bond acceptors (Lipinski definition) is 4. The second-order valence-corrected chi connectivity index (χ2v) is 7.15. The van der Waals surface area contributed by atoms with Crippen molar-refractivity contribution >= 4 is 27.6 Å². The predicted octanol–water partition coefficient (Wildman–Crippen LogP) is 1.83. The number of carboxylic acids is 1. The van der Waals surface area contributed by atoms with Crippen LogP contribution in [0.15, 0.2) is 23.1 Å². The summed E-state index contributed by atoms with van der Waals surface area (Å²) in [5.74, 6) is -1.15. The van der Waals surface area contributed by atoms with Crippen molar-refractivity contribution in [2.45, 2.75) is 17.7 Å². The number of carboxylic acid groups (broad SMARTS) is 1. The number of sulfonamides is 1. The second-order valence-electron chi connectivity index (χ2n) is 4.81. The van der Waals surface area contributed by atoms with E-state index in [-0.39, 0.29) is 23.7 Å². The number of nitrogens with zero attached hydrogens (tertiary/aromatic N) is 1. The van der Waals surface area contributed by atoms with Gasteiger partial charge in [0, 0.05) is 18.1 Å². The molecule has 1 aliphatic rings. The number of piperidine rings is 1. The molecule has 1 saturated heterocycles. The first kappa shape index (κ1) is 16.1. The largest absolute Gasteiger partial charge is 0.495 e. The summed E-state index contributed by atoms with van der Waals surface area (Å²) in [4.78, 5) is 10.9. The van der Waals surface area contributed by atoms with E-state index >= 15 is 0 Å². The summed E-state index contributed by atoms with van der Waals surface area (Å²) in [6, 6.07) is 4.40. The standard InChI is InChI=1S/C13H16ClNO5S/c1-20-11-3-2-10(14)8-12(11)21(18,19)15-6-4-9(5-7-15)13(16)17/h2-3,8-9H,4-7H2,1H3,(H,16,17). The summed E-state index contributed by atoms with van der Waals surface area (Å²) in [6.07, 6.45) is 0.606. The van der Waals surface area contributed by atoms with E-state index in [0.717, 1.165) is 0 Å². The van der Waals surface area contributed by atoms with Crippen LogP contribution in [0.1, 0.15) is 12.8 Å². The SMILES string of the molecule is COc1ccc(Cl)cc1S(=O)(=O)N1CCC(C(=O)O)CC1. The Morgan fingerprint density at radius 2 is 2.00 bits per heavy atom. The molecule has 8 heteroatoms. The number of ether oxygens (including phenoxy) is 1. The summed E-state index contributed by atoms with van der Waals surface area (Å²) in [5, 5.41) is 9.26. The second kappa shape index (κ2) is 6.21. The summed E-state index contributed by atoms with van der Waals surface area (Å²) < 4.78 is 31.6. The molecule has 0 aliphatic carbocycles. The molecule has 116 valence electrons. The highest BCUT2D eigenvalue weighted by atomic mass is 35.5. The molecule has 1 fully saturated rings. The Morgan fingerprint density at radius 1 is 1.38 bits per heavy atom. The molecule has 1 N–H and O–H groups in total. The van der Waals surface area contributed by atoms with Gasteiger partial charge >= 0.3 is 5.97 Å². The molecule has 0 aromatic heterocycles. The molecular weight excluding hydrogens is 318 g/mol. The quantitative estimate of drug-likeness (QED) is 0.908. The molecule has 0 unspecified atom stereocenters. The third kappa shape index (κ3) is 3.30. The van der Waals surface area contributed by atoms with Crippen molar-refractivity contribution < 1.29 is 23.1 Å². The smallest absolute Gasteiger partial charge is 0.306 e. The Morgan fingerprint density at radius 3 is 2.52 bits per heavy atom. The van der Waals surface area contributed by atoms with Gasteiger partial charge in [-0.05, 0) is 31.0 Å².